The van der Waals surface area contributed by atoms with Crippen LogP contribution in [0, 0.1) is 13.8 Å². The first kappa shape index (κ1) is 30.7. The van der Waals surface area contributed by atoms with Crippen molar-refractivity contribution >= 4 is 0 Å². The van der Waals surface area contributed by atoms with Crippen molar-refractivity contribution in [2.45, 2.75) is 51.7 Å². The molecule has 0 amide bonds. The molecule has 4 aromatic rings. The van der Waals surface area contributed by atoms with Gasteiger partial charge in [-0.1, -0.05) is 38.1 Å². The van der Waals surface area contributed by atoms with Gasteiger partial charge in [0.25, 0.3) is 0 Å². The Morgan fingerprint density at radius 3 is 1.50 bits per heavy atom. The molecule has 0 bridgehead atoms. The zero-order valence-corrected chi connectivity index (χ0v) is 26.4. The summed E-state index contributed by atoms with van der Waals surface area (Å²) in [7, 11) is 6.39. The summed E-state index contributed by atoms with van der Waals surface area (Å²) in [5, 5.41) is 20.4. The predicted molar refractivity (Wildman–Crippen MR) is 168 cm³/mol. The van der Waals surface area contributed by atoms with E-state index in [0.717, 1.165) is 56.4 Å². The Labute approximate surface area is 258 Å². The lowest BCUT2D eigenvalue weighted by Gasteiger charge is -2.17. The van der Waals surface area contributed by atoms with Gasteiger partial charge in [-0.25, -0.2) is 0 Å². The van der Waals surface area contributed by atoms with Gasteiger partial charge in [0.2, 0.25) is 0 Å². The average molecular weight is 601 g/mol. The molecule has 0 unspecified atom stereocenters. The average Bonchev–Trinajstić information content (AvgIpc) is 3.56. The monoisotopic (exact) mass is 600 g/mol. The van der Waals surface area contributed by atoms with Gasteiger partial charge in [-0.2, -0.15) is 0 Å². The van der Waals surface area contributed by atoms with Crippen molar-refractivity contribution in [2.75, 3.05) is 28.4 Å². The first-order chi connectivity index (χ1) is 21.1. The number of fused-ring (bicyclic) bond motifs is 2. The molecule has 2 heterocycles. The third kappa shape index (κ3) is 5.41. The summed E-state index contributed by atoms with van der Waals surface area (Å²) in [6.07, 6.45) is -0.179. The van der Waals surface area contributed by atoms with Crippen LogP contribution in [0.3, 0.4) is 0 Å². The fourth-order valence-corrected chi connectivity index (χ4v) is 6.27. The van der Waals surface area contributed by atoms with Crippen LogP contribution >= 0.6 is 0 Å². The van der Waals surface area contributed by atoms with Crippen LogP contribution in [0.25, 0.3) is 0 Å². The molecule has 0 saturated heterocycles. The number of hydrogen-bond acceptors (Lipinski definition) is 8. The second-order valence-corrected chi connectivity index (χ2v) is 11.1. The summed E-state index contributed by atoms with van der Waals surface area (Å²) in [5.74, 6) is 4.72. The Balaban J connectivity index is 0.000000175. The Hall–Kier alpha value is -4.72. The van der Waals surface area contributed by atoms with Crippen molar-refractivity contribution in [2.24, 2.45) is 0 Å². The molecular weight excluding hydrogens is 560 g/mol. The van der Waals surface area contributed by atoms with Crippen LogP contribution in [-0.4, -0.2) is 38.7 Å². The second-order valence-electron chi connectivity index (χ2n) is 11.1. The highest BCUT2D eigenvalue weighted by Crippen LogP contribution is 2.53. The van der Waals surface area contributed by atoms with Gasteiger partial charge in [0.05, 0.1) is 28.4 Å². The number of phenols is 2. The Morgan fingerprint density at radius 1 is 0.568 bits per heavy atom. The maximum atomic E-state index is 10.2. The third-order valence-electron chi connectivity index (χ3n) is 8.67. The number of methoxy groups -OCH3 is 4. The summed E-state index contributed by atoms with van der Waals surface area (Å²) < 4.78 is 33.2. The molecule has 0 aliphatic carbocycles. The van der Waals surface area contributed by atoms with Crippen LogP contribution in [0.1, 0.15) is 71.3 Å². The number of hydrogen-bond donors (Lipinski definition) is 2. The smallest absolute Gasteiger partial charge is 0.164 e. The van der Waals surface area contributed by atoms with E-state index in [-0.39, 0.29) is 35.5 Å². The number of aromatic hydroxyl groups is 2. The van der Waals surface area contributed by atoms with Crippen LogP contribution in [0.4, 0.5) is 0 Å². The summed E-state index contributed by atoms with van der Waals surface area (Å²) in [4.78, 5) is 0. The highest BCUT2D eigenvalue weighted by atomic mass is 16.5. The lowest BCUT2D eigenvalue weighted by Crippen LogP contribution is -2.07. The van der Waals surface area contributed by atoms with Crippen molar-refractivity contribution in [3.05, 3.63) is 94.0 Å². The standard InChI is InChI=1S/2C18H20O4/c1-10-16-11(2)18(12-5-7-13(20-3)8-6-12)22-14(16)9-15(21-4)17(10)19;1-10-16-11(2)18(12-6-5-7-13(8-12)20-3)22-14(16)9-15(21-4)17(10)19/h2*5-9,11,18-19H,1-4H3/t2*11-,18-/m11/s1. The summed E-state index contributed by atoms with van der Waals surface area (Å²) >= 11 is 0. The maximum Gasteiger partial charge on any atom is 0.164 e. The molecule has 2 aliphatic heterocycles. The van der Waals surface area contributed by atoms with E-state index in [1.165, 1.54) is 0 Å². The summed E-state index contributed by atoms with van der Waals surface area (Å²) in [6.45, 7) is 8.01. The topological polar surface area (TPSA) is 95.8 Å². The molecule has 8 heteroatoms. The van der Waals surface area contributed by atoms with Crippen molar-refractivity contribution in [1.29, 1.82) is 0 Å². The van der Waals surface area contributed by atoms with E-state index in [1.54, 1.807) is 40.6 Å². The molecule has 0 fully saturated rings. The van der Waals surface area contributed by atoms with Crippen LogP contribution < -0.4 is 28.4 Å². The van der Waals surface area contributed by atoms with E-state index in [0.29, 0.717) is 11.5 Å². The lowest BCUT2D eigenvalue weighted by molar-refractivity contribution is 0.215. The molecule has 2 aliphatic rings. The largest absolute Gasteiger partial charge is 0.504 e. The minimum Gasteiger partial charge on any atom is -0.504 e. The van der Waals surface area contributed by atoms with Crippen molar-refractivity contribution in [3.8, 4) is 46.0 Å². The van der Waals surface area contributed by atoms with Gasteiger partial charge < -0.3 is 38.6 Å². The highest BCUT2D eigenvalue weighted by Gasteiger charge is 2.37. The third-order valence-corrected chi connectivity index (χ3v) is 8.67. The van der Waals surface area contributed by atoms with E-state index in [1.807, 2.05) is 62.4 Å². The maximum absolute atomic E-state index is 10.2. The van der Waals surface area contributed by atoms with Crippen molar-refractivity contribution in [1.82, 2.24) is 0 Å². The fraction of sp³-hybridized carbons (Fsp3) is 0.333. The van der Waals surface area contributed by atoms with E-state index >= 15 is 0 Å². The van der Waals surface area contributed by atoms with Crippen LogP contribution in [-0.2, 0) is 0 Å². The molecule has 2 N–H and O–H groups in total. The summed E-state index contributed by atoms with van der Waals surface area (Å²) in [6, 6.07) is 19.3. The van der Waals surface area contributed by atoms with Crippen molar-refractivity contribution < 1.29 is 38.6 Å². The molecular formula is C36H40O8. The molecule has 0 aromatic heterocycles. The van der Waals surface area contributed by atoms with Crippen molar-refractivity contribution in [3.63, 3.8) is 0 Å². The van der Waals surface area contributed by atoms with Gasteiger partial charge in [0.15, 0.2) is 23.0 Å². The normalized spacial score (nSPS) is 19.5. The first-order valence-electron chi connectivity index (χ1n) is 14.5. The molecule has 232 valence electrons. The summed E-state index contributed by atoms with van der Waals surface area (Å²) in [5.41, 5.74) is 5.85. The predicted octanol–water partition coefficient (Wildman–Crippen LogP) is 7.91. The van der Waals surface area contributed by atoms with Gasteiger partial charge in [-0.05, 0) is 49.2 Å². The van der Waals surface area contributed by atoms with E-state index in [2.05, 4.69) is 13.8 Å². The first-order valence-corrected chi connectivity index (χ1v) is 14.5. The lowest BCUT2D eigenvalue weighted by atomic mass is 9.89. The molecule has 0 saturated carbocycles. The molecule has 8 nitrogen and oxygen atoms in total. The SMILES string of the molecule is COc1ccc([C@@H]2Oc3cc(OC)c(O)c(C)c3[C@H]2C)cc1.COc1cccc([C@@H]2Oc3cc(OC)c(O)c(C)c3[C@H]2C)c1. The minimum atomic E-state index is -0.102. The van der Waals surface area contributed by atoms with Crippen LogP contribution in [0.15, 0.2) is 60.7 Å². The Morgan fingerprint density at radius 2 is 1.05 bits per heavy atom. The number of rotatable bonds is 6. The highest BCUT2D eigenvalue weighted by molar-refractivity contribution is 5.61. The number of phenolic OH excluding ortho intramolecular Hbond substituents is 2. The van der Waals surface area contributed by atoms with E-state index in [4.69, 9.17) is 28.4 Å². The zero-order chi connectivity index (χ0) is 31.7. The molecule has 4 atom stereocenters. The van der Waals surface area contributed by atoms with Gasteiger partial charge in [-0.3, -0.25) is 0 Å². The van der Waals surface area contributed by atoms with E-state index in [9.17, 15) is 10.2 Å². The minimum absolute atomic E-state index is 0.0777. The Bertz CT molecular complexity index is 1650. The molecule has 6 rings (SSSR count). The second kappa shape index (κ2) is 12.5. The van der Waals surface area contributed by atoms with Gasteiger partial charge in [0, 0.05) is 46.2 Å². The molecule has 44 heavy (non-hydrogen) atoms. The Kier molecular flexibility index (Phi) is 8.72. The molecule has 4 aromatic carbocycles. The van der Waals surface area contributed by atoms with Crippen LogP contribution in [0.5, 0.6) is 46.0 Å². The van der Waals surface area contributed by atoms with Gasteiger partial charge >= 0.3 is 0 Å². The van der Waals surface area contributed by atoms with E-state index < -0.39 is 0 Å². The fourth-order valence-electron chi connectivity index (χ4n) is 6.27. The van der Waals surface area contributed by atoms with Gasteiger partial charge in [0.1, 0.15) is 35.2 Å². The molecule has 0 spiro atoms. The van der Waals surface area contributed by atoms with Gasteiger partial charge in [-0.15, -0.1) is 0 Å². The number of benzene rings is 4. The molecule has 0 radical (unpaired) electrons. The number of ether oxygens (including phenoxy) is 6. The van der Waals surface area contributed by atoms with Crippen LogP contribution in [0.2, 0.25) is 0 Å². The quantitative estimate of drug-likeness (QED) is 0.231. The zero-order valence-electron chi connectivity index (χ0n) is 26.4.